The molecule has 3 heteroatoms. The van der Waals surface area contributed by atoms with Gasteiger partial charge >= 0.3 is 0 Å². The molecule has 3 aromatic heterocycles. The minimum absolute atomic E-state index is 0.123. The largest absolute Gasteiger partial charge is 0.460 e. The van der Waals surface area contributed by atoms with Gasteiger partial charge in [-0.3, -0.25) is 0 Å². The summed E-state index contributed by atoms with van der Waals surface area (Å²) in [7, 11) is 0. The first-order valence-corrected chi connectivity index (χ1v) is 16.7. The van der Waals surface area contributed by atoms with Crippen LogP contribution >= 0.6 is 0 Å². The molecule has 2 aliphatic carbocycles. The van der Waals surface area contributed by atoms with E-state index in [1.54, 1.807) is 0 Å². The van der Waals surface area contributed by atoms with Crippen molar-refractivity contribution in [2.45, 2.75) is 25.8 Å². The standard InChI is InChI=1S/C44H34N2O/c1-27-23-35(43-33-13-5-8-17-41(33)47-42(43)24-27)36-14-9-10-22-44(36,2)46-39-16-7-4-12-32(39)34-25-28(19-21-40(34)46)29-18-20-31-30-11-3-6-15-37(30)45-38(31)26-29/h3-23,25-27,36,45H,24H2,1-2H3. The van der Waals surface area contributed by atoms with Crippen molar-refractivity contribution in [2.75, 3.05) is 0 Å². The monoisotopic (exact) mass is 606 g/mol. The van der Waals surface area contributed by atoms with Crippen LogP contribution < -0.4 is 0 Å². The summed E-state index contributed by atoms with van der Waals surface area (Å²) in [5, 5.41) is 6.29. The second-order valence-corrected chi connectivity index (χ2v) is 13.7. The second-order valence-electron chi connectivity index (χ2n) is 13.7. The van der Waals surface area contributed by atoms with Crippen molar-refractivity contribution in [3.05, 3.63) is 151 Å². The Morgan fingerprint density at radius 3 is 2.34 bits per heavy atom. The van der Waals surface area contributed by atoms with Gasteiger partial charge in [-0.15, -0.1) is 0 Å². The van der Waals surface area contributed by atoms with Crippen LogP contribution in [-0.4, -0.2) is 9.55 Å². The number of hydrogen-bond acceptors (Lipinski definition) is 1. The van der Waals surface area contributed by atoms with Crippen molar-refractivity contribution in [2.24, 2.45) is 11.8 Å². The van der Waals surface area contributed by atoms with Gasteiger partial charge in [0.15, 0.2) is 0 Å². The highest BCUT2D eigenvalue weighted by Gasteiger charge is 2.41. The molecule has 0 aliphatic heterocycles. The molecule has 3 heterocycles. The number of aromatic nitrogens is 2. The lowest BCUT2D eigenvalue weighted by Crippen LogP contribution is -2.38. The number of furan rings is 1. The number of allylic oxidation sites excluding steroid dienone is 6. The van der Waals surface area contributed by atoms with Crippen LogP contribution in [0.1, 0.15) is 25.2 Å². The molecule has 2 aliphatic rings. The average molecular weight is 607 g/mol. The van der Waals surface area contributed by atoms with Gasteiger partial charge in [-0.2, -0.15) is 0 Å². The average Bonchev–Trinajstić information content (AvgIpc) is 3.77. The van der Waals surface area contributed by atoms with Gasteiger partial charge in [0.25, 0.3) is 0 Å². The molecule has 5 aromatic carbocycles. The Hall–Kier alpha value is -5.54. The quantitative estimate of drug-likeness (QED) is 0.213. The first kappa shape index (κ1) is 26.7. The first-order chi connectivity index (χ1) is 23.1. The third-order valence-corrected chi connectivity index (χ3v) is 10.7. The zero-order valence-electron chi connectivity index (χ0n) is 26.5. The van der Waals surface area contributed by atoms with Gasteiger partial charge in [0.2, 0.25) is 0 Å². The topological polar surface area (TPSA) is 33.9 Å². The second kappa shape index (κ2) is 9.73. The molecule has 226 valence electrons. The maximum Gasteiger partial charge on any atom is 0.134 e. The Bertz CT molecular complexity index is 2650. The van der Waals surface area contributed by atoms with Crippen LogP contribution in [0.3, 0.4) is 0 Å². The van der Waals surface area contributed by atoms with Gasteiger partial charge in [0, 0.05) is 66.9 Å². The summed E-state index contributed by atoms with van der Waals surface area (Å²) >= 11 is 0. The Labute approximate surface area is 273 Å². The summed E-state index contributed by atoms with van der Waals surface area (Å²) < 4.78 is 9.08. The third kappa shape index (κ3) is 3.80. The van der Waals surface area contributed by atoms with E-state index in [1.165, 1.54) is 71.3 Å². The van der Waals surface area contributed by atoms with Gasteiger partial charge in [-0.1, -0.05) is 110 Å². The minimum atomic E-state index is -0.348. The molecule has 3 unspecified atom stereocenters. The number of aromatic amines is 1. The van der Waals surface area contributed by atoms with E-state index in [0.717, 1.165) is 17.8 Å². The lowest BCUT2D eigenvalue weighted by Gasteiger charge is -2.41. The predicted octanol–water partition coefficient (Wildman–Crippen LogP) is 11.6. The van der Waals surface area contributed by atoms with Crippen LogP contribution in [0.25, 0.3) is 71.3 Å². The van der Waals surface area contributed by atoms with Crippen LogP contribution in [0, 0.1) is 11.8 Å². The Kier molecular flexibility index (Phi) is 5.52. The fraction of sp³-hybridized carbons (Fsp3) is 0.136. The molecule has 0 saturated carbocycles. The zero-order chi connectivity index (χ0) is 31.3. The van der Waals surface area contributed by atoms with E-state index in [2.05, 4.69) is 163 Å². The number of nitrogens with zero attached hydrogens (tertiary/aromatic N) is 1. The van der Waals surface area contributed by atoms with E-state index < -0.39 is 0 Å². The molecule has 0 amide bonds. The highest BCUT2D eigenvalue weighted by atomic mass is 16.3. The van der Waals surface area contributed by atoms with Crippen molar-refractivity contribution < 1.29 is 4.42 Å². The molecule has 0 saturated heterocycles. The van der Waals surface area contributed by atoms with Gasteiger partial charge in [-0.05, 0) is 65.9 Å². The molecule has 47 heavy (non-hydrogen) atoms. The zero-order valence-corrected chi connectivity index (χ0v) is 26.5. The van der Waals surface area contributed by atoms with E-state index in [1.807, 2.05) is 0 Å². The number of benzene rings is 5. The number of fused-ring (bicyclic) bond motifs is 9. The number of nitrogens with one attached hydrogen (secondary N) is 1. The van der Waals surface area contributed by atoms with E-state index in [9.17, 15) is 0 Å². The highest BCUT2D eigenvalue weighted by Crippen LogP contribution is 2.50. The molecule has 0 spiro atoms. The van der Waals surface area contributed by atoms with Gasteiger partial charge < -0.3 is 14.0 Å². The van der Waals surface area contributed by atoms with Crippen molar-refractivity contribution in [3.8, 4) is 11.1 Å². The number of hydrogen-bond donors (Lipinski definition) is 1. The van der Waals surface area contributed by atoms with Crippen molar-refractivity contribution in [3.63, 3.8) is 0 Å². The van der Waals surface area contributed by atoms with Crippen LogP contribution in [0.2, 0.25) is 0 Å². The van der Waals surface area contributed by atoms with Crippen molar-refractivity contribution >= 4 is 60.2 Å². The van der Waals surface area contributed by atoms with E-state index in [-0.39, 0.29) is 11.5 Å². The Balaban J connectivity index is 1.16. The Morgan fingerprint density at radius 1 is 0.702 bits per heavy atom. The van der Waals surface area contributed by atoms with Crippen LogP contribution in [0.4, 0.5) is 0 Å². The molecule has 0 fully saturated rings. The van der Waals surface area contributed by atoms with Crippen LogP contribution in [0.5, 0.6) is 0 Å². The molecule has 10 rings (SSSR count). The molecule has 1 N–H and O–H groups in total. The van der Waals surface area contributed by atoms with Gasteiger partial charge in [0.05, 0.1) is 5.54 Å². The maximum absolute atomic E-state index is 6.49. The normalized spacial score (nSPS) is 20.9. The van der Waals surface area contributed by atoms with E-state index in [4.69, 9.17) is 4.42 Å². The molecule has 8 aromatic rings. The summed E-state index contributed by atoms with van der Waals surface area (Å²) in [6, 6.07) is 39.8. The first-order valence-electron chi connectivity index (χ1n) is 16.7. The number of para-hydroxylation sites is 3. The Morgan fingerprint density at radius 2 is 1.43 bits per heavy atom. The predicted molar refractivity (Wildman–Crippen MR) is 197 cm³/mol. The van der Waals surface area contributed by atoms with Crippen molar-refractivity contribution in [1.82, 2.24) is 9.55 Å². The smallest absolute Gasteiger partial charge is 0.134 e. The molecule has 3 atom stereocenters. The summed E-state index contributed by atoms with van der Waals surface area (Å²) in [5.74, 6) is 1.63. The summed E-state index contributed by atoms with van der Waals surface area (Å²) in [6.45, 7) is 4.72. The summed E-state index contributed by atoms with van der Waals surface area (Å²) in [4.78, 5) is 3.63. The fourth-order valence-electron chi connectivity index (χ4n) is 8.62. The third-order valence-electron chi connectivity index (χ3n) is 10.7. The maximum atomic E-state index is 6.49. The lowest BCUT2D eigenvalue weighted by molar-refractivity contribution is 0.371. The van der Waals surface area contributed by atoms with Crippen molar-refractivity contribution in [1.29, 1.82) is 0 Å². The summed E-state index contributed by atoms with van der Waals surface area (Å²) in [5.41, 5.74) is 10.6. The van der Waals surface area contributed by atoms with Crippen LogP contribution in [0.15, 0.2) is 144 Å². The minimum Gasteiger partial charge on any atom is -0.460 e. The summed E-state index contributed by atoms with van der Waals surface area (Å²) in [6.07, 6.45) is 12.7. The molecule has 0 radical (unpaired) electrons. The number of H-pyrrole nitrogens is 1. The van der Waals surface area contributed by atoms with Gasteiger partial charge in [-0.25, -0.2) is 0 Å². The van der Waals surface area contributed by atoms with E-state index in [0.29, 0.717) is 5.92 Å². The molecule has 0 bridgehead atoms. The fourth-order valence-corrected chi connectivity index (χ4v) is 8.62. The molecular formula is C44H34N2O. The van der Waals surface area contributed by atoms with E-state index >= 15 is 0 Å². The molecule has 3 nitrogen and oxygen atoms in total. The number of rotatable bonds is 3. The van der Waals surface area contributed by atoms with Gasteiger partial charge in [0.1, 0.15) is 11.3 Å². The molecular weight excluding hydrogens is 572 g/mol. The highest BCUT2D eigenvalue weighted by molar-refractivity contribution is 6.11. The van der Waals surface area contributed by atoms with Crippen LogP contribution in [-0.2, 0) is 12.0 Å². The lowest BCUT2D eigenvalue weighted by atomic mass is 9.71. The SMILES string of the molecule is CC1C=C(C2C=CC=CC2(C)n2c3ccccc3c3cc(-c4ccc5c(c4)[nH]c4ccccc45)ccc32)c2c(oc3ccccc23)C1.